The molecule has 2 aromatic carbocycles. The first-order valence-electron chi connectivity index (χ1n) is 8.99. The average molecular weight is 416 g/mol. The van der Waals surface area contributed by atoms with Crippen molar-refractivity contribution in [1.82, 2.24) is 9.73 Å². The van der Waals surface area contributed by atoms with Gasteiger partial charge < -0.3 is 0 Å². The van der Waals surface area contributed by atoms with Crippen LogP contribution in [0.25, 0.3) is 0 Å². The number of hydrazone groups is 1. The summed E-state index contributed by atoms with van der Waals surface area (Å²) in [5.41, 5.74) is 3.59. The molecule has 2 aromatic rings. The van der Waals surface area contributed by atoms with E-state index < -0.39 is 20.9 Å². The van der Waals surface area contributed by atoms with E-state index in [0.717, 1.165) is 12.8 Å². The summed E-state index contributed by atoms with van der Waals surface area (Å²) in [5.74, 6) is -0.551. The fourth-order valence-electron chi connectivity index (χ4n) is 2.96. The Bertz CT molecular complexity index is 1060. The van der Waals surface area contributed by atoms with Crippen LogP contribution in [-0.4, -0.2) is 42.4 Å². The van der Waals surface area contributed by atoms with Gasteiger partial charge in [-0.2, -0.15) is 9.41 Å². The number of amides is 1. The largest absolute Gasteiger partial charge is 0.271 e. The lowest BCUT2D eigenvalue weighted by Crippen LogP contribution is -2.28. The number of sulfonamides is 1. The zero-order chi connectivity index (χ0) is 21.0. The number of hydrogen-bond donors (Lipinski definition) is 1. The first-order chi connectivity index (χ1) is 13.8. The molecule has 1 fully saturated rings. The molecular weight excluding hydrogens is 396 g/mol. The number of hydrogen-bond acceptors (Lipinski definition) is 6. The van der Waals surface area contributed by atoms with Crippen LogP contribution in [0.2, 0.25) is 0 Å². The number of carbonyl (C=O) groups is 1. The minimum absolute atomic E-state index is 0.0402. The Balaban J connectivity index is 1.73. The summed E-state index contributed by atoms with van der Waals surface area (Å²) in [6.07, 6.45) is 1.66. The van der Waals surface area contributed by atoms with Gasteiger partial charge >= 0.3 is 0 Å². The number of nitrogens with one attached hydrogen (secondary N) is 1. The molecular formula is C19H20N4O5S. The standard InChI is InChI=1S/C19H20N4O5S/c1-14(15-7-9-17(10-8-15)23(25)26)20-21-19(24)16-5-4-6-18(13-16)29(27,28)22-11-2-3-12-22/h4-10,13H,2-3,11-12H2,1H3,(H,21,24). The molecule has 0 spiro atoms. The minimum atomic E-state index is -3.62. The second-order valence-corrected chi connectivity index (χ2v) is 8.52. The Morgan fingerprint density at radius 1 is 1.10 bits per heavy atom. The molecule has 1 amide bonds. The maximum atomic E-state index is 12.7. The maximum absolute atomic E-state index is 12.7. The van der Waals surface area contributed by atoms with Crippen molar-refractivity contribution < 1.29 is 18.1 Å². The van der Waals surface area contributed by atoms with E-state index in [0.29, 0.717) is 24.4 Å². The molecule has 1 aliphatic heterocycles. The molecule has 1 saturated heterocycles. The molecule has 0 radical (unpaired) electrons. The van der Waals surface area contributed by atoms with Gasteiger partial charge in [0.25, 0.3) is 11.6 Å². The summed E-state index contributed by atoms with van der Waals surface area (Å²) in [7, 11) is -3.62. The molecule has 1 aliphatic rings. The molecule has 29 heavy (non-hydrogen) atoms. The molecule has 9 nitrogen and oxygen atoms in total. The van der Waals surface area contributed by atoms with E-state index in [4.69, 9.17) is 0 Å². The predicted molar refractivity (Wildman–Crippen MR) is 107 cm³/mol. The van der Waals surface area contributed by atoms with Crippen molar-refractivity contribution in [3.8, 4) is 0 Å². The highest BCUT2D eigenvalue weighted by molar-refractivity contribution is 7.89. The maximum Gasteiger partial charge on any atom is 0.271 e. The van der Waals surface area contributed by atoms with Gasteiger partial charge in [-0.25, -0.2) is 13.8 Å². The van der Waals surface area contributed by atoms with E-state index in [1.54, 1.807) is 6.92 Å². The molecule has 0 atom stereocenters. The molecule has 0 unspecified atom stereocenters. The highest BCUT2D eigenvalue weighted by Gasteiger charge is 2.27. The molecule has 0 saturated carbocycles. The zero-order valence-corrected chi connectivity index (χ0v) is 16.6. The van der Waals surface area contributed by atoms with Crippen LogP contribution < -0.4 is 5.43 Å². The van der Waals surface area contributed by atoms with Gasteiger partial charge in [0.15, 0.2) is 0 Å². The summed E-state index contributed by atoms with van der Waals surface area (Å²) >= 11 is 0. The number of rotatable bonds is 6. The third-order valence-electron chi connectivity index (χ3n) is 4.62. The number of nitro groups is 1. The quantitative estimate of drug-likeness (QED) is 0.440. The number of benzene rings is 2. The Hall–Kier alpha value is -3.11. The summed E-state index contributed by atoms with van der Waals surface area (Å²) in [5, 5.41) is 14.7. The number of nitrogens with zero attached hydrogens (tertiary/aromatic N) is 3. The average Bonchev–Trinajstić information content (AvgIpc) is 3.27. The normalized spacial score (nSPS) is 15.3. The predicted octanol–water partition coefficient (Wildman–Crippen LogP) is 2.53. The number of non-ortho nitro benzene ring substituents is 1. The summed E-state index contributed by atoms with van der Waals surface area (Å²) in [4.78, 5) is 22.7. The van der Waals surface area contributed by atoms with Gasteiger partial charge in [-0.1, -0.05) is 6.07 Å². The molecule has 10 heteroatoms. The van der Waals surface area contributed by atoms with Crippen LogP contribution in [0.1, 0.15) is 35.7 Å². The van der Waals surface area contributed by atoms with Crippen molar-refractivity contribution in [3.05, 3.63) is 69.8 Å². The summed E-state index contributed by atoms with van der Waals surface area (Å²) < 4.78 is 26.7. The lowest BCUT2D eigenvalue weighted by molar-refractivity contribution is -0.384. The fourth-order valence-corrected chi connectivity index (χ4v) is 4.53. The highest BCUT2D eigenvalue weighted by atomic mass is 32.2. The Morgan fingerprint density at radius 3 is 2.38 bits per heavy atom. The SMILES string of the molecule is CC(=NNC(=O)c1cccc(S(=O)(=O)N2CCCC2)c1)c1ccc([N+](=O)[O-])cc1. The first-order valence-corrected chi connectivity index (χ1v) is 10.4. The number of nitro benzene ring substituents is 1. The molecule has 0 aliphatic carbocycles. The van der Waals surface area contributed by atoms with E-state index in [2.05, 4.69) is 10.5 Å². The molecule has 1 N–H and O–H groups in total. The van der Waals surface area contributed by atoms with Crippen LogP contribution in [0.5, 0.6) is 0 Å². The second-order valence-electron chi connectivity index (χ2n) is 6.58. The third-order valence-corrected chi connectivity index (χ3v) is 6.51. The topological polar surface area (TPSA) is 122 Å². The van der Waals surface area contributed by atoms with Crippen LogP contribution in [0.3, 0.4) is 0 Å². The second kappa shape index (κ2) is 8.50. The zero-order valence-electron chi connectivity index (χ0n) is 15.7. The molecule has 0 bridgehead atoms. The molecule has 152 valence electrons. The van der Waals surface area contributed by atoms with Crippen molar-refractivity contribution in [2.45, 2.75) is 24.7 Å². The Kier molecular flexibility index (Phi) is 6.04. The van der Waals surface area contributed by atoms with E-state index in [1.165, 1.54) is 52.8 Å². The molecule has 3 rings (SSSR count). The lowest BCUT2D eigenvalue weighted by Gasteiger charge is -2.15. The van der Waals surface area contributed by atoms with Crippen LogP contribution in [-0.2, 0) is 10.0 Å². The van der Waals surface area contributed by atoms with Gasteiger partial charge in [0, 0.05) is 30.8 Å². The first kappa shape index (κ1) is 20.6. The van der Waals surface area contributed by atoms with E-state index >= 15 is 0 Å². The van der Waals surface area contributed by atoms with E-state index in [1.807, 2.05) is 0 Å². The third kappa shape index (κ3) is 4.66. The number of carbonyl (C=O) groups excluding carboxylic acids is 1. The highest BCUT2D eigenvalue weighted by Crippen LogP contribution is 2.21. The monoisotopic (exact) mass is 416 g/mol. The van der Waals surface area contributed by atoms with Crippen LogP contribution in [0, 0.1) is 10.1 Å². The lowest BCUT2D eigenvalue weighted by atomic mass is 10.1. The van der Waals surface area contributed by atoms with E-state index in [-0.39, 0.29) is 16.1 Å². The summed E-state index contributed by atoms with van der Waals surface area (Å²) in [6.45, 7) is 2.62. The molecule has 0 aromatic heterocycles. The van der Waals surface area contributed by atoms with E-state index in [9.17, 15) is 23.3 Å². The summed E-state index contributed by atoms with van der Waals surface area (Å²) in [6, 6.07) is 11.6. The van der Waals surface area contributed by atoms with Crippen LogP contribution in [0.15, 0.2) is 58.5 Å². The van der Waals surface area contributed by atoms with Gasteiger partial charge in [0.1, 0.15) is 0 Å². The van der Waals surface area contributed by atoms with Gasteiger partial charge in [-0.3, -0.25) is 14.9 Å². The van der Waals surface area contributed by atoms with Crippen molar-refractivity contribution in [1.29, 1.82) is 0 Å². The van der Waals surface area contributed by atoms with Crippen molar-refractivity contribution in [2.75, 3.05) is 13.1 Å². The fraction of sp³-hybridized carbons (Fsp3) is 0.263. The molecule has 1 heterocycles. The van der Waals surface area contributed by atoms with Crippen LogP contribution in [0.4, 0.5) is 5.69 Å². The van der Waals surface area contributed by atoms with Crippen molar-refractivity contribution in [3.63, 3.8) is 0 Å². The minimum Gasteiger partial charge on any atom is -0.267 e. The van der Waals surface area contributed by atoms with Crippen LogP contribution >= 0.6 is 0 Å². The van der Waals surface area contributed by atoms with Gasteiger partial charge in [-0.15, -0.1) is 0 Å². The van der Waals surface area contributed by atoms with Crippen molar-refractivity contribution >= 4 is 27.3 Å². The van der Waals surface area contributed by atoms with Gasteiger partial charge in [0.05, 0.1) is 15.5 Å². The van der Waals surface area contributed by atoms with Gasteiger partial charge in [0.2, 0.25) is 10.0 Å². The Labute approximate surface area is 168 Å². The van der Waals surface area contributed by atoms with Gasteiger partial charge in [-0.05, 0) is 55.7 Å². The Morgan fingerprint density at radius 2 is 1.76 bits per heavy atom. The van der Waals surface area contributed by atoms with Crippen molar-refractivity contribution in [2.24, 2.45) is 5.10 Å². The smallest absolute Gasteiger partial charge is 0.267 e.